The second kappa shape index (κ2) is 13.6. The molecule has 42 heavy (non-hydrogen) atoms. The second-order valence-corrected chi connectivity index (χ2v) is 11.2. The van der Waals surface area contributed by atoms with Gasteiger partial charge in [-0.15, -0.1) is 0 Å². The summed E-state index contributed by atoms with van der Waals surface area (Å²) in [6.45, 7) is 5.08. The molecular formula is C33H37NO8. The van der Waals surface area contributed by atoms with Gasteiger partial charge in [0, 0.05) is 12.3 Å². The molecule has 4 rings (SSSR count). The molecule has 1 amide bonds. The van der Waals surface area contributed by atoms with Gasteiger partial charge in [0.1, 0.15) is 24.9 Å². The van der Waals surface area contributed by atoms with Crippen LogP contribution in [0.3, 0.4) is 0 Å². The topological polar surface area (TPSA) is 131 Å². The van der Waals surface area contributed by atoms with Crippen molar-refractivity contribution < 1.29 is 38.8 Å². The van der Waals surface area contributed by atoms with E-state index >= 15 is 0 Å². The Hall–Kier alpha value is -4.21. The molecular weight excluding hydrogens is 538 g/mol. The Bertz CT molecular complexity index is 1340. The maximum atomic E-state index is 13.0. The monoisotopic (exact) mass is 575 g/mol. The quantitative estimate of drug-likeness (QED) is 0.225. The van der Waals surface area contributed by atoms with Gasteiger partial charge in [-0.1, -0.05) is 78.9 Å². The van der Waals surface area contributed by atoms with E-state index in [1.165, 1.54) is 0 Å². The summed E-state index contributed by atoms with van der Waals surface area (Å²) in [4.78, 5) is 37.9. The van der Waals surface area contributed by atoms with Crippen LogP contribution < -0.4 is 5.32 Å². The smallest absolute Gasteiger partial charge is 0.407 e. The highest BCUT2D eigenvalue weighted by atomic mass is 16.6. The van der Waals surface area contributed by atoms with Crippen molar-refractivity contribution in [3.8, 4) is 11.1 Å². The number of hydrogen-bond acceptors (Lipinski definition) is 8. The number of fused-ring (bicyclic) bond motifs is 3. The number of amides is 1. The minimum atomic E-state index is -1.98. The Morgan fingerprint density at radius 2 is 1.40 bits per heavy atom. The molecule has 222 valence electrons. The van der Waals surface area contributed by atoms with E-state index < -0.39 is 41.9 Å². The fourth-order valence-electron chi connectivity index (χ4n) is 4.96. The minimum Gasteiger partial charge on any atom is -0.460 e. The number of aliphatic hydroxyl groups is 2. The molecule has 0 saturated carbocycles. The molecule has 3 atom stereocenters. The SMILES string of the molecule is CC(C)(C)OC(=O)CC[C@H](NC(=O)OCC1c2ccccc2-c2ccccc21)[C@@H](O)[C@@H](O)C(=O)OCc1ccccc1. The summed E-state index contributed by atoms with van der Waals surface area (Å²) in [7, 11) is 0. The summed E-state index contributed by atoms with van der Waals surface area (Å²) in [5.41, 5.74) is 4.18. The number of rotatable bonds is 11. The van der Waals surface area contributed by atoms with Crippen LogP contribution in [0, 0.1) is 0 Å². The molecule has 0 aliphatic heterocycles. The summed E-state index contributed by atoms with van der Waals surface area (Å²) in [6.07, 6.45) is -4.94. The number of esters is 2. The van der Waals surface area contributed by atoms with Crippen molar-refractivity contribution in [2.75, 3.05) is 6.61 Å². The summed E-state index contributed by atoms with van der Waals surface area (Å²) < 4.78 is 16.1. The molecule has 0 heterocycles. The summed E-state index contributed by atoms with van der Waals surface area (Å²) in [5, 5.41) is 24.0. The van der Waals surface area contributed by atoms with Crippen LogP contribution in [0.4, 0.5) is 4.79 Å². The molecule has 0 bridgehead atoms. The Morgan fingerprint density at radius 1 is 0.833 bits per heavy atom. The average molecular weight is 576 g/mol. The van der Waals surface area contributed by atoms with Crippen molar-refractivity contribution >= 4 is 18.0 Å². The number of alkyl carbamates (subject to hydrolysis) is 1. The highest BCUT2D eigenvalue weighted by Gasteiger charge is 2.35. The van der Waals surface area contributed by atoms with Gasteiger partial charge >= 0.3 is 18.0 Å². The lowest BCUT2D eigenvalue weighted by atomic mass is 9.98. The highest BCUT2D eigenvalue weighted by Crippen LogP contribution is 2.44. The van der Waals surface area contributed by atoms with Crippen molar-refractivity contribution in [3.63, 3.8) is 0 Å². The molecule has 0 aromatic heterocycles. The molecule has 9 heteroatoms. The van der Waals surface area contributed by atoms with Crippen LogP contribution in [-0.4, -0.2) is 58.7 Å². The number of hydrogen-bond donors (Lipinski definition) is 3. The number of benzene rings is 3. The third kappa shape index (κ3) is 7.96. The predicted octanol–water partition coefficient (Wildman–Crippen LogP) is 4.48. The molecule has 0 unspecified atom stereocenters. The molecule has 0 spiro atoms. The second-order valence-electron chi connectivity index (χ2n) is 11.2. The molecule has 0 fully saturated rings. The number of nitrogens with one attached hydrogen (secondary N) is 1. The lowest BCUT2D eigenvalue weighted by Crippen LogP contribution is -2.51. The van der Waals surface area contributed by atoms with Crippen LogP contribution in [0.25, 0.3) is 11.1 Å². The van der Waals surface area contributed by atoms with E-state index in [9.17, 15) is 24.6 Å². The van der Waals surface area contributed by atoms with Crippen molar-refractivity contribution in [1.29, 1.82) is 0 Å². The van der Waals surface area contributed by atoms with E-state index in [0.29, 0.717) is 5.56 Å². The van der Waals surface area contributed by atoms with Crippen molar-refractivity contribution in [2.45, 2.75) is 70.0 Å². The Kier molecular flexibility index (Phi) is 9.98. The lowest BCUT2D eigenvalue weighted by Gasteiger charge is -2.27. The van der Waals surface area contributed by atoms with Gasteiger partial charge in [-0.05, 0) is 55.0 Å². The zero-order chi connectivity index (χ0) is 30.3. The summed E-state index contributed by atoms with van der Waals surface area (Å²) >= 11 is 0. The fourth-order valence-corrected chi connectivity index (χ4v) is 4.96. The van der Waals surface area contributed by atoms with Gasteiger partial charge in [-0.3, -0.25) is 4.79 Å². The van der Waals surface area contributed by atoms with Gasteiger partial charge < -0.3 is 29.7 Å². The predicted molar refractivity (Wildman–Crippen MR) is 155 cm³/mol. The van der Waals surface area contributed by atoms with E-state index in [1.54, 1.807) is 45.0 Å². The third-order valence-electron chi connectivity index (χ3n) is 6.93. The first kappa shape index (κ1) is 30.7. The first-order valence-corrected chi connectivity index (χ1v) is 13.9. The normalized spacial score (nSPS) is 14.6. The Balaban J connectivity index is 1.41. The van der Waals surface area contributed by atoms with Gasteiger partial charge in [-0.2, -0.15) is 0 Å². The zero-order valence-corrected chi connectivity index (χ0v) is 24.0. The van der Waals surface area contributed by atoms with Gasteiger partial charge in [0.25, 0.3) is 0 Å². The standard InChI is InChI=1S/C33H37NO8/c1-33(2,3)42-28(35)18-17-27(29(36)30(37)31(38)40-19-21-11-5-4-6-12-21)34-32(39)41-20-26-24-15-9-7-13-22(24)23-14-8-10-16-25(23)26/h4-16,26-27,29-30,36-37H,17-20H2,1-3H3,(H,34,39)/t27-,29+,30+/m0/s1. The van der Waals surface area contributed by atoms with Crippen LogP contribution in [0.15, 0.2) is 78.9 Å². The van der Waals surface area contributed by atoms with Crippen molar-refractivity contribution in [3.05, 3.63) is 95.6 Å². The highest BCUT2D eigenvalue weighted by molar-refractivity contribution is 5.79. The van der Waals surface area contributed by atoms with Gasteiger partial charge in [0.05, 0.1) is 6.04 Å². The first-order chi connectivity index (χ1) is 20.0. The van der Waals surface area contributed by atoms with Crippen LogP contribution >= 0.6 is 0 Å². The third-order valence-corrected chi connectivity index (χ3v) is 6.93. The largest absolute Gasteiger partial charge is 0.460 e. The fraction of sp³-hybridized carbons (Fsp3) is 0.364. The van der Waals surface area contributed by atoms with Gasteiger partial charge in [0.15, 0.2) is 6.10 Å². The van der Waals surface area contributed by atoms with Crippen LogP contribution in [0.1, 0.15) is 56.2 Å². The molecule has 3 aromatic rings. The average Bonchev–Trinajstić information content (AvgIpc) is 3.29. The van der Waals surface area contributed by atoms with Gasteiger partial charge in [0.2, 0.25) is 0 Å². The van der Waals surface area contributed by atoms with Crippen LogP contribution in [-0.2, 0) is 30.4 Å². The summed E-state index contributed by atoms with van der Waals surface area (Å²) in [5.74, 6) is -1.81. The zero-order valence-electron chi connectivity index (χ0n) is 24.0. The Morgan fingerprint density at radius 3 is 2.00 bits per heavy atom. The van der Waals surface area contributed by atoms with E-state index in [0.717, 1.165) is 22.3 Å². The molecule has 0 saturated heterocycles. The molecule has 1 aliphatic carbocycles. The van der Waals surface area contributed by atoms with Gasteiger partial charge in [-0.25, -0.2) is 9.59 Å². The number of aliphatic hydroxyl groups excluding tert-OH is 2. The minimum absolute atomic E-state index is 0.0242. The van der Waals surface area contributed by atoms with Crippen LogP contribution in [0.2, 0.25) is 0 Å². The molecule has 3 aromatic carbocycles. The van der Waals surface area contributed by atoms with Crippen molar-refractivity contribution in [1.82, 2.24) is 5.32 Å². The van der Waals surface area contributed by atoms with E-state index in [2.05, 4.69) is 5.32 Å². The van der Waals surface area contributed by atoms with Crippen LogP contribution in [0.5, 0.6) is 0 Å². The number of carbonyl (C=O) groups excluding carboxylic acids is 3. The Labute approximate surface area is 245 Å². The molecule has 1 aliphatic rings. The first-order valence-electron chi connectivity index (χ1n) is 13.9. The number of ether oxygens (including phenoxy) is 3. The van der Waals surface area contributed by atoms with E-state index in [4.69, 9.17) is 14.2 Å². The maximum Gasteiger partial charge on any atom is 0.407 e. The molecule has 9 nitrogen and oxygen atoms in total. The van der Waals surface area contributed by atoms with Crippen molar-refractivity contribution in [2.24, 2.45) is 0 Å². The van der Waals surface area contributed by atoms with E-state index in [-0.39, 0.29) is 32.0 Å². The molecule has 3 N–H and O–H groups in total. The lowest BCUT2D eigenvalue weighted by molar-refractivity contribution is -0.162. The maximum absolute atomic E-state index is 13.0. The molecule has 0 radical (unpaired) electrons. The summed E-state index contributed by atoms with van der Waals surface area (Å²) in [6, 6.07) is 23.5. The number of carbonyl (C=O) groups is 3. The van der Waals surface area contributed by atoms with E-state index in [1.807, 2.05) is 54.6 Å².